The van der Waals surface area contributed by atoms with Crippen LogP contribution in [0.1, 0.15) is 31.9 Å². The first-order chi connectivity index (χ1) is 19.8. The van der Waals surface area contributed by atoms with E-state index in [9.17, 15) is 18.0 Å². The number of rotatable bonds is 12. The standard InChI is InChI=1S/C30H34Cl3N3O5S/c1-19(2)16-34-30(38)21(4)35(17-24-25(32)7-6-8-26(24)33)29(37)18-36(27-15-22(31)11-14-28(27)41-5)42(39,40)23-12-9-20(3)10-13-23/h6-15,19,21H,16-18H2,1-5H3,(H,34,38)/t21-/m1/s1. The average molecular weight is 655 g/mol. The van der Waals surface area contributed by atoms with Crippen molar-refractivity contribution in [1.82, 2.24) is 10.2 Å². The Kier molecular flexibility index (Phi) is 11.5. The van der Waals surface area contributed by atoms with E-state index in [1.165, 1.54) is 36.3 Å². The molecule has 3 aromatic rings. The van der Waals surface area contributed by atoms with Gasteiger partial charge in [-0.1, -0.05) is 72.4 Å². The van der Waals surface area contributed by atoms with Gasteiger partial charge in [0, 0.05) is 33.7 Å². The second-order valence-electron chi connectivity index (χ2n) is 10.2. The van der Waals surface area contributed by atoms with Gasteiger partial charge < -0.3 is 15.0 Å². The molecule has 3 aromatic carbocycles. The summed E-state index contributed by atoms with van der Waals surface area (Å²) in [5.41, 5.74) is 1.35. The number of aryl methyl sites for hydroxylation is 1. The van der Waals surface area contributed by atoms with Crippen molar-refractivity contribution in [3.05, 3.63) is 86.9 Å². The van der Waals surface area contributed by atoms with Crippen LogP contribution in [0, 0.1) is 12.8 Å². The van der Waals surface area contributed by atoms with E-state index in [4.69, 9.17) is 39.5 Å². The van der Waals surface area contributed by atoms with Crippen molar-refractivity contribution >= 4 is 62.3 Å². The molecule has 0 radical (unpaired) electrons. The molecule has 42 heavy (non-hydrogen) atoms. The zero-order chi connectivity index (χ0) is 31.2. The number of nitrogens with zero attached hydrogens (tertiary/aromatic N) is 2. The van der Waals surface area contributed by atoms with Gasteiger partial charge in [-0.25, -0.2) is 8.42 Å². The lowest BCUT2D eigenvalue weighted by Gasteiger charge is -2.33. The zero-order valence-corrected chi connectivity index (χ0v) is 27.1. The molecule has 0 aromatic heterocycles. The molecule has 1 N–H and O–H groups in total. The SMILES string of the molecule is COc1ccc(Cl)cc1N(CC(=O)N(Cc1c(Cl)cccc1Cl)[C@H](C)C(=O)NCC(C)C)S(=O)(=O)c1ccc(C)cc1. The highest BCUT2D eigenvalue weighted by Crippen LogP contribution is 2.35. The largest absolute Gasteiger partial charge is 0.495 e. The van der Waals surface area contributed by atoms with Crippen molar-refractivity contribution in [2.45, 2.75) is 45.2 Å². The molecule has 0 saturated carbocycles. The van der Waals surface area contributed by atoms with Crippen molar-refractivity contribution < 1.29 is 22.7 Å². The Morgan fingerprint density at radius 1 is 0.952 bits per heavy atom. The molecular weight excluding hydrogens is 621 g/mol. The predicted octanol–water partition coefficient (Wildman–Crippen LogP) is 6.35. The predicted molar refractivity (Wildman–Crippen MR) is 168 cm³/mol. The summed E-state index contributed by atoms with van der Waals surface area (Å²) >= 11 is 19.1. The molecular formula is C30H34Cl3N3O5S. The van der Waals surface area contributed by atoms with Gasteiger partial charge in [-0.05, 0) is 62.2 Å². The van der Waals surface area contributed by atoms with Crippen LogP contribution in [0.5, 0.6) is 5.75 Å². The Bertz CT molecular complexity index is 1510. The molecule has 0 aliphatic rings. The van der Waals surface area contributed by atoms with Crippen LogP contribution >= 0.6 is 34.8 Å². The number of hydrogen-bond acceptors (Lipinski definition) is 5. The number of amides is 2. The molecule has 0 bridgehead atoms. The molecule has 0 saturated heterocycles. The first kappa shape index (κ1) is 33.5. The third kappa shape index (κ3) is 8.10. The zero-order valence-electron chi connectivity index (χ0n) is 24.0. The van der Waals surface area contributed by atoms with E-state index < -0.39 is 34.4 Å². The summed E-state index contributed by atoms with van der Waals surface area (Å²) in [6.07, 6.45) is 0. The van der Waals surface area contributed by atoms with Gasteiger partial charge in [0.1, 0.15) is 18.3 Å². The molecule has 226 valence electrons. The van der Waals surface area contributed by atoms with Crippen molar-refractivity contribution in [2.75, 3.05) is 24.5 Å². The van der Waals surface area contributed by atoms with Gasteiger partial charge in [0.2, 0.25) is 11.8 Å². The van der Waals surface area contributed by atoms with E-state index in [-0.39, 0.29) is 33.8 Å². The number of sulfonamides is 1. The maximum absolute atomic E-state index is 14.1. The highest BCUT2D eigenvalue weighted by molar-refractivity contribution is 7.92. The fraction of sp³-hybridized carbons (Fsp3) is 0.333. The Hall–Kier alpha value is -2.98. The van der Waals surface area contributed by atoms with E-state index in [1.54, 1.807) is 43.3 Å². The minimum absolute atomic E-state index is 0.0358. The highest BCUT2D eigenvalue weighted by Gasteiger charge is 2.34. The number of ether oxygens (including phenoxy) is 1. The third-order valence-corrected chi connectivity index (χ3v) is 9.26. The third-order valence-electron chi connectivity index (χ3n) is 6.54. The van der Waals surface area contributed by atoms with Gasteiger partial charge >= 0.3 is 0 Å². The van der Waals surface area contributed by atoms with Crippen LogP contribution in [0.2, 0.25) is 15.1 Å². The second-order valence-corrected chi connectivity index (χ2v) is 13.3. The second kappa shape index (κ2) is 14.5. The maximum atomic E-state index is 14.1. The number of methoxy groups -OCH3 is 1. The lowest BCUT2D eigenvalue weighted by molar-refractivity contribution is -0.139. The van der Waals surface area contributed by atoms with E-state index >= 15 is 0 Å². The number of benzene rings is 3. The lowest BCUT2D eigenvalue weighted by atomic mass is 10.1. The van der Waals surface area contributed by atoms with Gasteiger partial charge in [0.15, 0.2) is 0 Å². The number of anilines is 1. The monoisotopic (exact) mass is 653 g/mol. The quantitative estimate of drug-likeness (QED) is 0.246. The van der Waals surface area contributed by atoms with E-state index in [0.717, 1.165) is 9.87 Å². The van der Waals surface area contributed by atoms with E-state index in [2.05, 4.69) is 5.32 Å². The fourth-order valence-electron chi connectivity index (χ4n) is 4.10. The number of carbonyl (C=O) groups excluding carboxylic acids is 2. The van der Waals surface area contributed by atoms with Crippen LogP contribution in [0.15, 0.2) is 65.6 Å². The molecule has 0 fully saturated rings. The van der Waals surface area contributed by atoms with Gasteiger partial charge in [-0.3, -0.25) is 13.9 Å². The van der Waals surface area contributed by atoms with Crippen LogP contribution in [-0.2, 0) is 26.2 Å². The average Bonchev–Trinajstić information content (AvgIpc) is 2.94. The number of hydrogen-bond donors (Lipinski definition) is 1. The van der Waals surface area contributed by atoms with Crippen molar-refractivity contribution in [1.29, 1.82) is 0 Å². The van der Waals surface area contributed by atoms with Crippen molar-refractivity contribution in [2.24, 2.45) is 5.92 Å². The minimum Gasteiger partial charge on any atom is -0.495 e. The first-order valence-electron chi connectivity index (χ1n) is 13.2. The summed E-state index contributed by atoms with van der Waals surface area (Å²) in [5.74, 6) is -0.718. The van der Waals surface area contributed by atoms with Crippen LogP contribution in [-0.4, -0.2) is 51.4 Å². The summed E-state index contributed by atoms with van der Waals surface area (Å²) in [4.78, 5) is 28.5. The maximum Gasteiger partial charge on any atom is 0.264 e. The fourth-order valence-corrected chi connectivity index (χ4v) is 6.20. The van der Waals surface area contributed by atoms with Crippen LogP contribution < -0.4 is 14.4 Å². The Labute approximate surface area is 262 Å². The molecule has 1 atom stereocenters. The van der Waals surface area contributed by atoms with Gasteiger partial charge in [-0.15, -0.1) is 0 Å². The molecule has 2 amide bonds. The molecule has 0 spiro atoms. The smallest absolute Gasteiger partial charge is 0.264 e. The van der Waals surface area contributed by atoms with Crippen molar-refractivity contribution in [3.63, 3.8) is 0 Å². The van der Waals surface area contributed by atoms with Gasteiger partial charge in [0.25, 0.3) is 10.0 Å². The summed E-state index contributed by atoms with van der Waals surface area (Å²) < 4.78 is 34.5. The summed E-state index contributed by atoms with van der Waals surface area (Å²) in [7, 11) is -2.92. The molecule has 0 aliphatic heterocycles. The number of halogens is 3. The van der Waals surface area contributed by atoms with Crippen LogP contribution in [0.4, 0.5) is 5.69 Å². The summed E-state index contributed by atoms with van der Waals surface area (Å²) in [6, 6.07) is 14.6. The summed E-state index contributed by atoms with van der Waals surface area (Å²) in [6.45, 7) is 6.88. The molecule has 0 aliphatic carbocycles. The molecule has 0 unspecified atom stereocenters. The van der Waals surface area contributed by atoms with E-state index in [1.807, 2.05) is 20.8 Å². The molecule has 3 rings (SSSR count). The normalized spacial score (nSPS) is 12.1. The number of nitrogens with one attached hydrogen (secondary N) is 1. The highest BCUT2D eigenvalue weighted by atomic mass is 35.5. The minimum atomic E-state index is -4.31. The molecule has 12 heteroatoms. The van der Waals surface area contributed by atoms with Gasteiger partial charge in [-0.2, -0.15) is 0 Å². The van der Waals surface area contributed by atoms with Crippen LogP contribution in [0.3, 0.4) is 0 Å². The van der Waals surface area contributed by atoms with Crippen LogP contribution in [0.25, 0.3) is 0 Å². The lowest BCUT2D eigenvalue weighted by Crippen LogP contribution is -2.51. The number of carbonyl (C=O) groups is 2. The van der Waals surface area contributed by atoms with Gasteiger partial charge in [0.05, 0.1) is 17.7 Å². The summed E-state index contributed by atoms with van der Waals surface area (Å²) in [5, 5.41) is 3.68. The topological polar surface area (TPSA) is 96.0 Å². The Balaban J connectivity index is 2.12. The van der Waals surface area contributed by atoms with Crippen molar-refractivity contribution in [3.8, 4) is 5.75 Å². The Morgan fingerprint density at radius 3 is 2.14 bits per heavy atom. The molecule has 0 heterocycles. The van der Waals surface area contributed by atoms with E-state index in [0.29, 0.717) is 22.2 Å². The first-order valence-corrected chi connectivity index (χ1v) is 15.8. The Morgan fingerprint density at radius 2 is 1.57 bits per heavy atom. The molecule has 8 nitrogen and oxygen atoms in total.